The average molecular weight is 441 g/mol. The highest BCUT2D eigenvalue weighted by atomic mass is 35.5. The maximum atomic E-state index is 9.36. The first-order valence-corrected chi connectivity index (χ1v) is 11.5. The van der Waals surface area contributed by atoms with E-state index in [0.29, 0.717) is 5.56 Å². The third-order valence-electron chi connectivity index (χ3n) is 6.46. The standard InChI is InChI=1S/C27H25ClN4/c28-24-7-5-20(6-8-24)21-13-23(17-30-16-21)27(32-10-2-1-3-11-32)14-22-18-31-26-9-4-19(15-29)12-25(22)26/h4-9,12-13,16-18,27,31H,1-3,10-11,14H2. The molecular formula is C27H25ClN4. The highest BCUT2D eigenvalue weighted by molar-refractivity contribution is 6.30. The first-order chi connectivity index (χ1) is 15.7. The minimum absolute atomic E-state index is 0.236. The Morgan fingerprint density at radius 2 is 1.81 bits per heavy atom. The van der Waals surface area contributed by atoms with Gasteiger partial charge in [0.2, 0.25) is 0 Å². The Hall–Kier alpha value is -3.13. The summed E-state index contributed by atoms with van der Waals surface area (Å²) in [5.74, 6) is 0. The number of rotatable bonds is 5. The lowest BCUT2D eigenvalue weighted by atomic mass is 9.94. The topological polar surface area (TPSA) is 55.7 Å². The highest BCUT2D eigenvalue weighted by Gasteiger charge is 2.24. The summed E-state index contributed by atoms with van der Waals surface area (Å²) in [6.45, 7) is 2.20. The van der Waals surface area contributed by atoms with Gasteiger partial charge in [-0.15, -0.1) is 0 Å². The quantitative estimate of drug-likeness (QED) is 0.384. The summed E-state index contributed by atoms with van der Waals surface area (Å²) in [4.78, 5) is 10.6. The number of fused-ring (bicyclic) bond motifs is 1. The van der Waals surface area contributed by atoms with Crippen LogP contribution in [0.15, 0.2) is 67.1 Å². The number of likely N-dealkylation sites (tertiary alicyclic amines) is 1. The zero-order valence-electron chi connectivity index (χ0n) is 17.9. The van der Waals surface area contributed by atoms with Gasteiger partial charge in [-0.3, -0.25) is 9.88 Å². The van der Waals surface area contributed by atoms with Gasteiger partial charge in [-0.05, 0) is 85.4 Å². The van der Waals surface area contributed by atoms with Crippen LogP contribution in [-0.4, -0.2) is 28.0 Å². The summed E-state index contributed by atoms with van der Waals surface area (Å²) in [5.41, 5.74) is 6.46. The van der Waals surface area contributed by atoms with Crippen LogP contribution in [0.2, 0.25) is 5.02 Å². The zero-order valence-corrected chi connectivity index (χ0v) is 18.6. The van der Waals surface area contributed by atoms with Crippen molar-refractivity contribution in [3.63, 3.8) is 0 Å². The zero-order chi connectivity index (χ0) is 21.9. The molecule has 1 N–H and O–H groups in total. The van der Waals surface area contributed by atoms with Crippen molar-refractivity contribution in [1.82, 2.24) is 14.9 Å². The molecule has 2 aromatic heterocycles. The third-order valence-corrected chi connectivity index (χ3v) is 6.71. The van der Waals surface area contributed by atoms with E-state index in [1.807, 2.05) is 54.9 Å². The van der Waals surface area contributed by atoms with Gasteiger partial charge in [0.25, 0.3) is 0 Å². The fourth-order valence-corrected chi connectivity index (χ4v) is 4.88. The summed E-state index contributed by atoms with van der Waals surface area (Å²) in [6, 6.07) is 18.6. The fourth-order valence-electron chi connectivity index (χ4n) is 4.75. The second-order valence-electron chi connectivity index (χ2n) is 8.52. The molecule has 0 bridgehead atoms. The molecule has 5 rings (SSSR count). The monoisotopic (exact) mass is 440 g/mol. The SMILES string of the molecule is N#Cc1ccc2[nH]cc(CC(c3cncc(-c4ccc(Cl)cc4)c3)N3CCCCC3)c2c1. The minimum Gasteiger partial charge on any atom is -0.361 e. The number of piperidine rings is 1. The number of benzene rings is 2. The number of hydrogen-bond donors (Lipinski definition) is 1. The van der Waals surface area contributed by atoms with Crippen molar-refractivity contribution in [3.05, 3.63) is 88.8 Å². The Labute approximate surface area is 193 Å². The van der Waals surface area contributed by atoms with E-state index in [1.165, 1.54) is 30.4 Å². The van der Waals surface area contributed by atoms with Crippen LogP contribution in [0.5, 0.6) is 0 Å². The first kappa shape index (κ1) is 20.8. The van der Waals surface area contributed by atoms with E-state index < -0.39 is 0 Å². The van der Waals surface area contributed by atoms with E-state index in [2.05, 4.69) is 33.2 Å². The van der Waals surface area contributed by atoms with Crippen LogP contribution in [0.1, 0.15) is 42.0 Å². The number of nitrogens with zero attached hydrogens (tertiary/aromatic N) is 3. The van der Waals surface area contributed by atoms with Crippen LogP contribution in [0, 0.1) is 11.3 Å². The van der Waals surface area contributed by atoms with Crippen LogP contribution in [-0.2, 0) is 6.42 Å². The number of hydrogen-bond acceptors (Lipinski definition) is 3. The van der Waals surface area contributed by atoms with Gasteiger partial charge < -0.3 is 4.98 Å². The van der Waals surface area contributed by atoms with Crippen molar-refractivity contribution in [1.29, 1.82) is 5.26 Å². The molecular weight excluding hydrogens is 416 g/mol. The largest absolute Gasteiger partial charge is 0.361 e. The van der Waals surface area contributed by atoms with Crippen molar-refractivity contribution in [2.75, 3.05) is 13.1 Å². The molecule has 1 fully saturated rings. The maximum Gasteiger partial charge on any atom is 0.0991 e. The lowest BCUT2D eigenvalue weighted by Crippen LogP contribution is -2.35. The number of aromatic amines is 1. The van der Waals surface area contributed by atoms with Crippen LogP contribution in [0.4, 0.5) is 0 Å². The molecule has 1 aliphatic rings. The molecule has 4 nitrogen and oxygen atoms in total. The van der Waals surface area contributed by atoms with Crippen LogP contribution >= 0.6 is 11.6 Å². The number of halogens is 1. The van der Waals surface area contributed by atoms with Crippen LogP contribution in [0.25, 0.3) is 22.0 Å². The van der Waals surface area contributed by atoms with Gasteiger partial charge in [0.05, 0.1) is 11.6 Å². The van der Waals surface area contributed by atoms with Gasteiger partial charge >= 0.3 is 0 Å². The predicted molar refractivity (Wildman–Crippen MR) is 130 cm³/mol. The normalized spacial score (nSPS) is 15.5. The molecule has 1 aliphatic heterocycles. The second-order valence-corrected chi connectivity index (χ2v) is 8.95. The molecule has 4 aromatic rings. The van der Waals surface area contributed by atoms with Gasteiger partial charge in [-0.25, -0.2) is 0 Å². The summed E-state index contributed by atoms with van der Waals surface area (Å²) >= 11 is 6.09. The molecule has 32 heavy (non-hydrogen) atoms. The molecule has 3 heterocycles. The number of nitrogens with one attached hydrogen (secondary N) is 1. The molecule has 2 aromatic carbocycles. The Balaban J connectivity index is 1.53. The van der Waals surface area contributed by atoms with E-state index in [9.17, 15) is 5.26 Å². The van der Waals surface area contributed by atoms with E-state index in [1.54, 1.807) is 0 Å². The molecule has 0 radical (unpaired) electrons. The van der Waals surface area contributed by atoms with E-state index in [0.717, 1.165) is 46.6 Å². The lowest BCUT2D eigenvalue weighted by Gasteiger charge is -2.35. The molecule has 0 spiro atoms. The maximum absolute atomic E-state index is 9.36. The lowest BCUT2D eigenvalue weighted by molar-refractivity contribution is 0.162. The smallest absolute Gasteiger partial charge is 0.0991 e. The number of aromatic nitrogens is 2. The average Bonchev–Trinajstić information content (AvgIpc) is 3.25. The van der Waals surface area contributed by atoms with Gasteiger partial charge in [0, 0.05) is 46.1 Å². The van der Waals surface area contributed by atoms with Crippen LogP contribution < -0.4 is 0 Å². The van der Waals surface area contributed by atoms with Gasteiger partial charge in [-0.1, -0.05) is 30.2 Å². The van der Waals surface area contributed by atoms with Gasteiger partial charge in [0.1, 0.15) is 0 Å². The van der Waals surface area contributed by atoms with Crippen LogP contribution in [0.3, 0.4) is 0 Å². The van der Waals surface area contributed by atoms with E-state index in [-0.39, 0.29) is 6.04 Å². The Morgan fingerprint density at radius 3 is 2.59 bits per heavy atom. The number of pyridine rings is 1. The van der Waals surface area contributed by atoms with E-state index in [4.69, 9.17) is 11.6 Å². The molecule has 0 saturated carbocycles. The van der Waals surface area contributed by atoms with Crippen molar-refractivity contribution in [2.24, 2.45) is 0 Å². The summed E-state index contributed by atoms with van der Waals surface area (Å²) < 4.78 is 0. The molecule has 160 valence electrons. The summed E-state index contributed by atoms with van der Waals surface area (Å²) in [7, 11) is 0. The second kappa shape index (κ2) is 9.16. The molecule has 0 aliphatic carbocycles. The summed E-state index contributed by atoms with van der Waals surface area (Å²) in [5, 5.41) is 11.2. The van der Waals surface area contributed by atoms with Gasteiger partial charge in [0.15, 0.2) is 0 Å². The van der Waals surface area contributed by atoms with Crippen molar-refractivity contribution in [3.8, 4) is 17.2 Å². The highest BCUT2D eigenvalue weighted by Crippen LogP contribution is 2.33. The molecule has 5 heteroatoms. The molecule has 0 amide bonds. The van der Waals surface area contributed by atoms with Crippen molar-refractivity contribution >= 4 is 22.5 Å². The number of nitriles is 1. The van der Waals surface area contributed by atoms with Crippen molar-refractivity contribution < 1.29 is 0 Å². The van der Waals surface area contributed by atoms with Gasteiger partial charge in [-0.2, -0.15) is 5.26 Å². The molecule has 1 unspecified atom stereocenters. The predicted octanol–water partition coefficient (Wildman–Crippen LogP) is 6.52. The Bertz CT molecular complexity index is 1260. The summed E-state index contributed by atoms with van der Waals surface area (Å²) in [6.07, 6.45) is 10.7. The number of H-pyrrole nitrogens is 1. The fraction of sp³-hybridized carbons (Fsp3) is 0.259. The third kappa shape index (κ3) is 4.27. The van der Waals surface area contributed by atoms with Crippen molar-refractivity contribution in [2.45, 2.75) is 31.7 Å². The Morgan fingerprint density at radius 1 is 1.00 bits per heavy atom. The Kier molecular flexibility index (Phi) is 5.94. The first-order valence-electron chi connectivity index (χ1n) is 11.2. The minimum atomic E-state index is 0.236. The molecule has 1 saturated heterocycles. The van der Waals surface area contributed by atoms with E-state index >= 15 is 0 Å². The molecule has 1 atom stereocenters.